The van der Waals surface area contributed by atoms with Gasteiger partial charge in [0.25, 0.3) is 5.91 Å². The van der Waals surface area contributed by atoms with Gasteiger partial charge in [-0.25, -0.2) is 13.8 Å². The van der Waals surface area contributed by atoms with Crippen molar-refractivity contribution in [1.82, 2.24) is 20.5 Å². The monoisotopic (exact) mass is 548 g/mol. The number of alkyl halides is 1. The van der Waals surface area contributed by atoms with Crippen molar-refractivity contribution in [2.75, 3.05) is 13.1 Å². The average molecular weight is 549 g/mol. The molecule has 0 bridgehead atoms. The van der Waals surface area contributed by atoms with Gasteiger partial charge in [0.2, 0.25) is 12.3 Å². The lowest BCUT2D eigenvalue weighted by Gasteiger charge is -2.23. The van der Waals surface area contributed by atoms with Crippen molar-refractivity contribution < 1.29 is 23.2 Å². The molecule has 2 heterocycles. The van der Waals surface area contributed by atoms with Gasteiger partial charge in [-0.3, -0.25) is 14.4 Å². The highest BCUT2D eigenvalue weighted by Crippen LogP contribution is 2.35. The Morgan fingerprint density at radius 2 is 1.95 bits per heavy atom. The fourth-order valence-corrected chi connectivity index (χ4v) is 4.72. The van der Waals surface area contributed by atoms with Crippen molar-refractivity contribution in [3.8, 4) is 0 Å². The van der Waals surface area contributed by atoms with Gasteiger partial charge < -0.3 is 15.5 Å². The largest absolute Gasteiger partial charge is 0.351 e. The Morgan fingerprint density at radius 3 is 2.67 bits per heavy atom. The van der Waals surface area contributed by atoms with E-state index in [2.05, 4.69) is 15.6 Å². The second-order valence-electron chi connectivity index (χ2n) is 10.0. The molecule has 3 amide bonds. The molecule has 1 saturated heterocycles. The third kappa shape index (κ3) is 7.28. The van der Waals surface area contributed by atoms with Crippen LogP contribution in [0.2, 0.25) is 0 Å². The number of allylic oxidation sites excluding steroid dienone is 1. The molecule has 5 rings (SSSR count). The van der Waals surface area contributed by atoms with Crippen molar-refractivity contribution in [1.29, 1.82) is 0 Å². The molecule has 9 heteroatoms. The van der Waals surface area contributed by atoms with Crippen LogP contribution in [0.5, 0.6) is 0 Å². The zero-order valence-corrected chi connectivity index (χ0v) is 22.6. The van der Waals surface area contributed by atoms with Crippen LogP contribution in [0, 0.1) is 11.7 Å². The first kappa shape index (κ1) is 28.9. The van der Waals surface area contributed by atoms with Gasteiger partial charge in [0.15, 0.2) is 0 Å². The molecule has 2 fully saturated rings. The molecule has 2 aliphatic rings. The van der Waals surface area contributed by atoms with E-state index < -0.39 is 6.17 Å². The number of carbonyl (C=O) groups is 3. The molecule has 2 N–H and O–H groups in total. The average Bonchev–Trinajstić information content (AvgIpc) is 3.45. The number of halogens is 2. The molecule has 40 heavy (non-hydrogen) atoms. The van der Waals surface area contributed by atoms with Gasteiger partial charge in [-0.05, 0) is 68.5 Å². The second kappa shape index (κ2) is 13.3. The molecule has 0 radical (unpaired) electrons. The topological polar surface area (TPSA) is 91.4 Å². The third-order valence-corrected chi connectivity index (χ3v) is 7.06. The standard InChI is InChI=1S/C19H23FN2O2.C12H11FN2O/c1-13(21-19(24)18-7-4-10-22(18)12-23)16-6-3-2-5-14(16)8-9-15-11-17(15)20;1-2-14-12(16)11-5-3-8-7-9(13)4-6-10(8)15-11/h2-3,5-6,8-9,12-13,15,17-18H,4,7,10-11H2,1H3,(H,21,24);3-7H,2H2,1H3,(H,14,16)/b9-8+;/t13-,15+,17-,18?;/m0./s1. The summed E-state index contributed by atoms with van der Waals surface area (Å²) >= 11 is 0. The van der Waals surface area contributed by atoms with Crippen molar-refractivity contribution in [2.24, 2.45) is 5.92 Å². The van der Waals surface area contributed by atoms with Crippen LogP contribution >= 0.6 is 0 Å². The fraction of sp³-hybridized carbons (Fsp3) is 0.355. The molecule has 4 atom stereocenters. The lowest BCUT2D eigenvalue weighted by atomic mass is 10.00. The van der Waals surface area contributed by atoms with Gasteiger partial charge in [0.1, 0.15) is 23.7 Å². The lowest BCUT2D eigenvalue weighted by molar-refractivity contribution is -0.131. The first-order valence-corrected chi connectivity index (χ1v) is 13.6. The van der Waals surface area contributed by atoms with Gasteiger partial charge in [0.05, 0.1) is 11.6 Å². The number of pyridine rings is 1. The van der Waals surface area contributed by atoms with E-state index in [1.54, 1.807) is 23.1 Å². The minimum atomic E-state index is -0.706. The molecule has 7 nitrogen and oxygen atoms in total. The van der Waals surface area contributed by atoms with Crippen molar-refractivity contribution in [2.45, 2.75) is 51.4 Å². The molecule has 1 aliphatic heterocycles. The zero-order chi connectivity index (χ0) is 28.6. The number of carbonyl (C=O) groups excluding carboxylic acids is 3. The van der Waals surface area contributed by atoms with E-state index in [0.29, 0.717) is 42.5 Å². The summed E-state index contributed by atoms with van der Waals surface area (Å²) < 4.78 is 25.9. The molecular formula is C31H34F2N4O3. The Labute approximate surface area is 232 Å². The smallest absolute Gasteiger partial charge is 0.269 e. The Hall–Kier alpha value is -4.14. The van der Waals surface area contributed by atoms with E-state index in [9.17, 15) is 23.2 Å². The van der Waals surface area contributed by atoms with Gasteiger partial charge in [-0.2, -0.15) is 0 Å². The van der Waals surface area contributed by atoms with Gasteiger partial charge in [-0.1, -0.05) is 42.5 Å². The summed E-state index contributed by atoms with van der Waals surface area (Å²) in [5.74, 6) is -0.603. The highest BCUT2D eigenvalue weighted by molar-refractivity contribution is 5.94. The number of rotatable bonds is 8. The van der Waals surface area contributed by atoms with E-state index in [-0.39, 0.29) is 35.6 Å². The zero-order valence-electron chi connectivity index (χ0n) is 22.6. The minimum Gasteiger partial charge on any atom is -0.351 e. The maximum atomic E-state index is 13.0. The van der Waals surface area contributed by atoms with E-state index in [1.807, 2.05) is 50.3 Å². The number of nitrogens with one attached hydrogen (secondary N) is 2. The summed E-state index contributed by atoms with van der Waals surface area (Å²) in [6.07, 6.45) is 6.06. The molecule has 1 saturated carbocycles. The molecule has 1 aliphatic carbocycles. The lowest BCUT2D eigenvalue weighted by Crippen LogP contribution is -2.43. The SMILES string of the molecule is CCNC(=O)c1ccc2cc(F)ccc2n1.C[C@H](NC(=O)C1CCCN1C=O)c1ccccc1/C=C/[C@@H]1C[C@@H]1F. The number of hydrogen-bond acceptors (Lipinski definition) is 4. The molecule has 1 aromatic heterocycles. The number of hydrogen-bond donors (Lipinski definition) is 2. The predicted molar refractivity (Wildman–Crippen MR) is 151 cm³/mol. The molecule has 2 aromatic carbocycles. The van der Waals surface area contributed by atoms with Crippen LogP contribution in [0.3, 0.4) is 0 Å². The summed E-state index contributed by atoms with van der Waals surface area (Å²) in [7, 11) is 0. The van der Waals surface area contributed by atoms with Gasteiger partial charge >= 0.3 is 0 Å². The van der Waals surface area contributed by atoms with E-state index >= 15 is 0 Å². The van der Waals surface area contributed by atoms with Crippen LogP contribution in [0.25, 0.3) is 17.0 Å². The summed E-state index contributed by atoms with van der Waals surface area (Å²) in [6, 6.07) is 14.8. The Bertz CT molecular complexity index is 1400. The van der Waals surface area contributed by atoms with E-state index in [1.165, 1.54) is 12.1 Å². The normalized spacial score (nSPS) is 20.5. The molecule has 0 spiro atoms. The Kier molecular flexibility index (Phi) is 9.58. The van der Waals surface area contributed by atoms with E-state index in [4.69, 9.17) is 0 Å². The molecule has 3 aromatic rings. The summed E-state index contributed by atoms with van der Waals surface area (Å²) in [5.41, 5.74) is 2.95. The molecule has 1 unspecified atom stereocenters. The maximum absolute atomic E-state index is 13.0. The van der Waals surface area contributed by atoms with Crippen LogP contribution < -0.4 is 10.6 Å². The van der Waals surface area contributed by atoms with Gasteiger partial charge in [0, 0.05) is 24.4 Å². The fourth-order valence-electron chi connectivity index (χ4n) is 4.72. The first-order chi connectivity index (χ1) is 19.3. The highest BCUT2D eigenvalue weighted by Gasteiger charge is 2.34. The number of benzene rings is 2. The van der Waals surface area contributed by atoms with Crippen molar-refractivity contribution >= 4 is 35.2 Å². The quantitative estimate of drug-likeness (QED) is 0.389. The third-order valence-electron chi connectivity index (χ3n) is 7.06. The van der Waals surface area contributed by atoms with Crippen LogP contribution in [0.15, 0.2) is 60.7 Å². The minimum absolute atomic E-state index is 0.0302. The number of amides is 3. The summed E-state index contributed by atoms with van der Waals surface area (Å²) in [6.45, 7) is 4.97. The van der Waals surface area contributed by atoms with Crippen molar-refractivity contribution in [3.63, 3.8) is 0 Å². The number of aromatic nitrogens is 1. The summed E-state index contributed by atoms with van der Waals surface area (Å²) in [5, 5.41) is 6.36. The number of likely N-dealkylation sites (tertiary alicyclic amines) is 1. The molecular weight excluding hydrogens is 514 g/mol. The second-order valence-corrected chi connectivity index (χ2v) is 10.0. The Balaban J connectivity index is 0.000000201. The van der Waals surface area contributed by atoms with E-state index in [0.717, 1.165) is 24.0 Å². The van der Waals surface area contributed by atoms with Crippen LogP contribution in [-0.4, -0.2) is 53.4 Å². The van der Waals surface area contributed by atoms with Crippen LogP contribution in [0.4, 0.5) is 8.78 Å². The van der Waals surface area contributed by atoms with Crippen molar-refractivity contribution in [3.05, 3.63) is 83.3 Å². The summed E-state index contributed by atoms with van der Waals surface area (Å²) in [4.78, 5) is 40.7. The Morgan fingerprint density at radius 1 is 1.18 bits per heavy atom. The van der Waals surface area contributed by atoms with Gasteiger partial charge in [-0.15, -0.1) is 0 Å². The van der Waals surface area contributed by atoms with Crippen LogP contribution in [-0.2, 0) is 9.59 Å². The number of nitrogens with zero attached hydrogens (tertiary/aromatic N) is 2. The van der Waals surface area contributed by atoms with Crippen LogP contribution in [0.1, 0.15) is 60.8 Å². The number of fused-ring (bicyclic) bond motifs is 1. The predicted octanol–water partition coefficient (Wildman–Crippen LogP) is 4.98. The highest BCUT2D eigenvalue weighted by atomic mass is 19.1. The first-order valence-electron chi connectivity index (χ1n) is 13.6. The molecule has 210 valence electrons. The maximum Gasteiger partial charge on any atom is 0.269 e.